The van der Waals surface area contributed by atoms with Gasteiger partial charge in [0.1, 0.15) is 11.6 Å². The molecule has 17 heavy (non-hydrogen) atoms. The minimum Gasteiger partial charge on any atom is -0.356 e. The fourth-order valence-electron chi connectivity index (χ4n) is 1.71. The molecule has 1 atom stereocenters. The van der Waals surface area contributed by atoms with Gasteiger partial charge in [-0.1, -0.05) is 27.2 Å². The summed E-state index contributed by atoms with van der Waals surface area (Å²) in [5.41, 5.74) is -0.0607. The molecule has 0 radical (unpaired) electrons. The van der Waals surface area contributed by atoms with Crippen LogP contribution in [0.4, 0.5) is 5.82 Å². The van der Waals surface area contributed by atoms with E-state index >= 15 is 0 Å². The molecule has 0 aliphatic heterocycles. The summed E-state index contributed by atoms with van der Waals surface area (Å²) in [6.07, 6.45) is 1.89. The molecule has 1 unspecified atom stereocenters. The molecule has 0 saturated heterocycles. The zero-order valence-electron chi connectivity index (χ0n) is 11.3. The molecule has 1 rings (SSSR count). The Morgan fingerprint density at radius 2 is 2.12 bits per heavy atom. The Balaban J connectivity index is 2.94. The monoisotopic (exact) mass is 237 g/mol. The van der Waals surface area contributed by atoms with E-state index < -0.39 is 0 Å². The Morgan fingerprint density at radius 1 is 1.41 bits per heavy atom. The van der Waals surface area contributed by atoms with Crippen molar-refractivity contribution in [2.24, 2.45) is 5.92 Å². The number of nitrogens with zero attached hydrogens (tertiary/aromatic N) is 2. The number of aryl methyl sites for hydroxylation is 1. The summed E-state index contributed by atoms with van der Waals surface area (Å²) in [5, 5.41) is 0. The molecular weight excluding hydrogens is 214 g/mol. The molecule has 0 spiro atoms. The van der Waals surface area contributed by atoms with Crippen LogP contribution in [0.5, 0.6) is 0 Å². The first-order valence-corrected chi connectivity index (χ1v) is 6.45. The van der Waals surface area contributed by atoms with Crippen molar-refractivity contribution in [1.29, 1.82) is 0 Å². The molecule has 0 aliphatic rings. The predicted molar refractivity (Wildman–Crippen MR) is 71.6 cm³/mol. The van der Waals surface area contributed by atoms with Gasteiger partial charge in [0, 0.05) is 25.6 Å². The van der Waals surface area contributed by atoms with Crippen molar-refractivity contribution in [3.8, 4) is 0 Å². The summed E-state index contributed by atoms with van der Waals surface area (Å²) >= 11 is 0. The summed E-state index contributed by atoms with van der Waals surface area (Å²) in [6.45, 7) is 10.3. The number of rotatable bonds is 6. The van der Waals surface area contributed by atoms with Crippen LogP contribution in [-0.4, -0.2) is 23.1 Å². The normalized spacial score (nSPS) is 12.5. The number of H-pyrrole nitrogens is 1. The minimum atomic E-state index is -0.0607. The third-order valence-corrected chi connectivity index (χ3v) is 3.05. The van der Waals surface area contributed by atoms with Gasteiger partial charge in [0.2, 0.25) is 0 Å². The summed E-state index contributed by atoms with van der Waals surface area (Å²) in [5.74, 6) is 2.17. The van der Waals surface area contributed by atoms with E-state index in [9.17, 15) is 4.79 Å². The highest BCUT2D eigenvalue weighted by Gasteiger charge is 2.11. The van der Waals surface area contributed by atoms with Gasteiger partial charge in [-0.2, -0.15) is 0 Å². The first-order chi connectivity index (χ1) is 8.10. The Hall–Kier alpha value is -1.32. The summed E-state index contributed by atoms with van der Waals surface area (Å²) < 4.78 is 0. The average molecular weight is 237 g/mol. The average Bonchev–Trinajstić information content (AvgIpc) is 2.34. The Kier molecular flexibility index (Phi) is 5.19. The zero-order valence-corrected chi connectivity index (χ0v) is 11.3. The van der Waals surface area contributed by atoms with Crippen LogP contribution in [0.2, 0.25) is 0 Å². The van der Waals surface area contributed by atoms with Crippen molar-refractivity contribution in [1.82, 2.24) is 9.97 Å². The minimum absolute atomic E-state index is 0.0607. The van der Waals surface area contributed by atoms with Crippen LogP contribution in [0.3, 0.4) is 0 Å². The quantitative estimate of drug-likeness (QED) is 0.825. The number of aromatic nitrogens is 2. The van der Waals surface area contributed by atoms with Gasteiger partial charge in [-0.15, -0.1) is 0 Å². The second-order valence-electron chi connectivity index (χ2n) is 4.46. The molecule has 0 aromatic carbocycles. The maximum absolute atomic E-state index is 11.5. The number of hydrogen-bond acceptors (Lipinski definition) is 3. The van der Waals surface area contributed by atoms with Crippen molar-refractivity contribution < 1.29 is 0 Å². The smallest absolute Gasteiger partial charge is 0.252 e. The first kappa shape index (κ1) is 13.7. The van der Waals surface area contributed by atoms with Crippen LogP contribution < -0.4 is 10.5 Å². The molecular formula is C13H23N3O. The van der Waals surface area contributed by atoms with Gasteiger partial charge in [0.15, 0.2) is 0 Å². The predicted octanol–water partition coefficient (Wildman–Crippen LogP) is 2.20. The number of nitrogens with one attached hydrogen (secondary N) is 1. The second-order valence-corrected chi connectivity index (χ2v) is 4.46. The van der Waals surface area contributed by atoms with Crippen LogP contribution in [0.1, 0.15) is 39.9 Å². The van der Waals surface area contributed by atoms with Crippen molar-refractivity contribution in [3.63, 3.8) is 0 Å². The van der Waals surface area contributed by atoms with Gasteiger partial charge in [-0.3, -0.25) is 4.79 Å². The molecule has 0 saturated carbocycles. The number of aromatic amines is 1. The standard InChI is InChI=1S/C13H23N3O/c1-5-10(4)9-16(7-3)12-8-13(17)15-11(6-2)14-12/h8,10H,5-7,9H2,1-4H3,(H,14,15,17). The van der Waals surface area contributed by atoms with Gasteiger partial charge in [-0.25, -0.2) is 4.98 Å². The molecule has 1 aromatic rings. The highest BCUT2D eigenvalue weighted by atomic mass is 16.1. The lowest BCUT2D eigenvalue weighted by Crippen LogP contribution is -2.30. The van der Waals surface area contributed by atoms with Crippen LogP contribution >= 0.6 is 0 Å². The van der Waals surface area contributed by atoms with E-state index in [1.165, 1.54) is 0 Å². The molecule has 4 nitrogen and oxygen atoms in total. The molecule has 0 aliphatic carbocycles. The van der Waals surface area contributed by atoms with E-state index in [-0.39, 0.29) is 5.56 Å². The van der Waals surface area contributed by atoms with E-state index in [1.807, 2.05) is 6.92 Å². The van der Waals surface area contributed by atoms with Gasteiger partial charge in [-0.05, 0) is 12.8 Å². The van der Waals surface area contributed by atoms with Crippen LogP contribution in [-0.2, 0) is 6.42 Å². The van der Waals surface area contributed by atoms with Crippen molar-refractivity contribution >= 4 is 5.82 Å². The fourth-order valence-corrected chi connectivity index (χ4v) is 1.71. The van der Waals surface area contributed by atoms with Gasteiger partial charge in [0.25, 0.3) is 5.56 Å². The molecule has 1 aromatic heterocycles. The highest BCUT2D eigenvalue weighted by molar-refractivity contribution is 5.37. The molecule has 1 N–H and O–H groups in total. The zero-order chi connectivity index (χ0) is 12.8. The lowest BCUT2D eigenvalue weighted by Gasteiger charge is -2.25. The maximum Gasteiger partial charge on any atom is 0.252 e. The Labute approximate surface area is 103 Å². The Morgan fingerprint density at radius 3 is 2.65 bits per heavy atom. The topological polar surface area (TPSA) is 49.0 Å². The van der Waals surface area contributed by atoms with Gasteiger partial charge >= 0.3 is 0 Å². The van der Waals surface area contributed by atoms with Crippen molar-refractivity contribution in [3.05, 3.63) is 22.2 Å². The maximum atomic E-state index is 11.5. The molecule has 0 amide bonds. The second kappa shape index (κ2) is 6.42. The first-order valence-electron chi connectivity index (χ1n) is 6.45. The lowest BCUT2D eigenvalue weighted by molar-refractivity contribution is 0.544. The molecule has 0 bridgehead atoms. The van der Waals surface area contributed by atoms with E-state index in [0.29, 0.717) is 5.92 Å². The third-order valence-electron chi connectivity index (χ3n) is 3.05. The van der Waals surface area contributed by atoms with E-state index in [2.05, 4.69) is 35.6 Å². The van der Waals surface area contributed by atoms with E-state index in [0.717, 1.165) is 37.6 Å². The van der Waals surface area contributed by atoms with Gasteiger partial charge in [0.05, 0.1) is 0 Å². The number of hydrogen-bond donors (Lipinski definition) is 1. The van der Waals surface area contributed by atoms with E-state index in [1.54, 1.807) is 6.07 Å². The van der Waals surface area contributed by atoms with Crippen LogP contribution in [0.25, 0.3) is 0 Å². The lowest BCUT2D eigenvalue weighted by atomic mass is 10.1. The molecule has 4 heteroatoms. The van der Waals surface area contributed by atoms with Crippen LogP contribution in [0.15, 0.2) is 10.9 Å². The number of anilines is 1. The van der Waals surface area contributed by atoms with E-state index in [4.69, 9.17) is 0 Å². The largest absolute Gasteiger partial charge is 0.356 e. The molecule has 0 fully saturated rings. The fraction of sp³-hybridized carbons (Fsp3) is 0.692. The highest BCUT2D eigenvalue weighted by Crippen LogP contribution is 2.12. The summed E-state index contributed by atoms with van der Waals surface area (Å²) in [6, 6.07) is 1.59. The van der Waals surface area contributed by atoms with Crippen molar-refractivity contribution in [2.45, 2.75) is 40.5 Å². The van der Waals surface area contributed by atoms with Crippen LogP contribution in [0, 0.1) is 5.92 Å². The van der Waals surface area contributed by atoms with Crippen molar-refractivity contribution in [2.75, 3.05) is 18.0 Å². The van der Waals surface area contributed by atoms with Gasteiger partial charge < -0.3 is 9.88 Å². The molecule has 1 heterocycles. The Bertz CT molecular complexity index is 400. The summed E-state index contributed by atoms with van der Waals surface area (Å²) in [7, 11) is 0. The third kappa shape index (κ3) is 3.88. The molecule has 96 valence electrons. The summed E-state index contributed by atoms with van der Waals surface area (Å²) in [4.78, 5) is 20.9. The SMILES string of the molecule is CCc1nc(N(CC)CC(C)CC)cc(=O)[nH]1.